The van der Waals surface area contributed by atoms with E-state index in [-0.39, 0.29) is 11.9 Å². The number of hydrogen-bond acceptors (Lipinski definition) is 6. The van der Waals surface area contributed by atoms with Gasteiger partial charge in [0.1, 0.15) is 0 Å². The molecule has 1 amide bonds. The molecule has 3 rings (SSSR count). The van der Waals surface area contributed by atoms with Gasteiger partial charge in [-0.05, 0) is 30.4 Å². The molecule has 1 aliphatic heterocycles. The number of rotatable bonds is 8. The van der Waals surface area contributed by atoms with E-state index in [4.69, 9.17) is 4.74 Å². The van der Waals surface area contributed by atoms with E-state index >= 15 is 0 Å². The summed E-state index contributed by atoms with van der Waals surface area (Å²) in [6.45, 7) is 10.1. The number of nitrogens with one attached hydrogen (secondary N) is 1. The van der Waals surface area contributed by atoms with Gasteiger partial charge in [-0.3, -0.25) is 9.69 Å². The zero-order valence-corrected chi connectivity index (χ0v) is 18.5. The summed E-state index contributed by atoms with van der Waals surface area (Å²) < 4.78 is 5.17. The molecule has 0 aliphatic carbocycles. The number of carbonyl (C=O) groups excluding carboxylic acids is 1. The Hall–Kier alpha value is -2.67. The normalized spacial score (nSPS) is 15.8. The zero-order valence-electron chi connectivity index (χ0n) is 18.5. The van der Waals surface area contributed by atoms with Gasteiger partial charge in [-0.1, -0.05) is 38.1 Å². The van der Waals surface area contributed by atoms with Crippen molar-refractivity contribution in [2.24, 2.45) is 5.92 Å². The first kappa shape index (κ1) is 22.0. The monoisotopic (exact) mass is 411 g/mol. The first-order valence-corrected chi connectivity index (χ1v) is 10.7. The number of carbonyl (C=O) groups is 1. The van der Waals surface area contributed by atoms with Crippen molar-refractivity contribution >= 4 is 11.9 Å². The number of nitrogens with zero attached hydrogens (tertiary/aromatic N) is 4. The molecular weight excluding hydrogens is 378 g/mol. The third-order valence-corrected chi connectivity index (χ3v) is 5.35. The van der Waals surface area contributed by atoms with E-state index in [1.165, 1.54) is 5.56 Å². The molecule has 1 N–H and O–H groups in total. The van der Waals surface area contributed by atoms with Crippen molar-refractivity contribution in [1.29, 1.82) is 0 Å². The maximum absolute atomic E-state index is 12.5. The lowest BCUT2D eigenvalue weighted by molar-refractivity contribution is -0.123. The molecule has 0 radical (unpaired) electrons. The quantitative estimate of drug-likeness (QED) is 0.720. The molecule has 1 fully saturated rings. The molecule has 1 aromatic carbocycles. The third-order valence-electron chi connectivity index (χ3n) is 5.35. The smallest absolute Gasteiger partial charge is 0.234 e. The molecule has 1 saturated heterocycles. The summed E-state index contributed by atoms with van der Waals surface area (Å²) in [5.74, 6) is 1.93. The molecule has 0 bridgehead atoms. The molecule has 0 saturated carbocycles. The molecule has 7 nitrogen and oxygen atoms in total. The van der Waals surface area contributed by atoms with Crippen LogP contribution < -0.4 is 15.0 Å². The second-order valence-corrected chi connectivity index (χ2v) is 8.29. The molecule has 1 atom stereocenters. The van der Waals surface area contributed by atoms with E-state index < -0.39 is 0 Å². The Morgan fingerprint density at radius 2 is 1.80 bits per heavy atom. The van der Waals surface area contributed by atoms with Crippen LogP contribution in [0.2, 0.25) is 0 Å². The van der Waals surface area contributed by atoms with Gasteiger partial charge in [0, 0.05) is 38.4 Å². The maximum atomic E-state index is 12.5. The maximum Gasteiger partial charge on any atom is 0.234 e. The van der Waals surface area contributed by atoms with Gasteiger partial charge in [-0.25, -0.2) is 4.98 Å². The number of aromatic nitrogens is 2. The number of amides is 1. The van der Waals surface area contributed by atoms with E-state index in [1.54, 1.807) is 19.4 Å². The molecule has 1 unspecified atom stereocenters. The minimum atomic E-state index is -0.00271. The van der Waals surface area contributed by atoms with Crippen LogP contribution in [0.1, 0.15) is 37.9 Å². The van der Waals surface area contributed by atoms with Gasteiger partial charge in [-0.15, -0.1) is 0 Å². The van der Waals surface area contributed by atoms with Gasteiger partial charge in [0.2, 0.25) is 17.7 Å². The van der Waals surface area contributed by atoms with Crippen molar-refractivity contribution in [2.75, 3.05) is 44.7 Å². The second kappa shape index (κ2) is 10.4. The van der Waals surface area contributed by atoms with Crippen LogP contribution in [0.25, 0.3) is 0 Å². The Bertz CT molecular complexity index is 817. The Balaban J connectivity index is 1.45. The summed E-state index contributed by atoms with van der Waals surface area (Å²) in [5, 5.41) is 3.13. The van der Waals surface area contributed by atoms with E-state index in [0.717, 1.165) is 38.2 Å². The number of piperazine rings is 1. The second-order valence-electron chi connectivity index (χ2n) is 8.29. The molecular formula is C23H33N5O2. The van der Waals surface area contributed by atoms with Crippen molar-refractivity contribution in [3.63, 3.8) is 0 Å². The average molecular weight is 412 g/mol. The van der Waals surface area contributed by atoms with Crippen LogP contribution in [0, 0.1) is 5.92 Å². The molecule has 1 aromatic heterocycles. The number of ether oxygens (including phenoxy) is 1. The first-order chi connectivity index (χ1) is 14.4. The van der Waals surface area contributed by atoms with Crippen LogP contribution in [-0.2, 0) is 11.2 Å². The number of anilines is 1. The lowest BCUT2D eigenvalue weighted by Crippen LogP contribution is -2.50. The molecule has 1 aliphatic rings. The van der Waals surface area contributed by atoms with Crippen molar-refractivity contribution in [1.82, 2.24) is 20.2 Å². The zero-order chi connectivity index (χ0) is 21.5. The van der Waals surface area contributed by atoms with E-state index in [2.05, 4.69) is 63.2 Å². The minimum absolute atomic E-state index is 0.00271. The average Bonchev–Trinajstić information content (AvgIpc) is 2.74. The lowest BCUT2D eigenvalue weighted by Gasteiger charge is -2.34. The van der Waals surface area contributed by atoms with Crippen LogP contribution in [0.15, 0.2) is 36.5 Å². The van der Waals surface area contributed by atoms with E-state index in [0.29, 0.717) is 24.3 Å². The first-order valence-electron chi connectivity index (χ1n) is 10.7. The summed E-state index contributed by atoms with van der Waals surface area (Å²) >= 11 is 0. The Morgan fingerprint density at radius 3 is 2.43 bits per heavy atom. The van der Waals surface area contributed by atoms with E-state index in [9.17, 15) is 4.79 Å². The highest BCUT2D eigenvalue weighted by Crippen LogP contribution is 2.17. The molecule has 2 heterocycles. The molecule has 7 heteroatoms. The van der Waals surface area contributed by atoms with Crippen LogP contribution in [0.3, 0.4) is 0 Å². The molecule has 162 valence electrons. The standard InChI is InChI=1S/C23H33N5O2/c1-17(2)15-19-5-7-20(8-6-19)18(3)25-21(29)16-27-11-13-28(14-12-27)23-24-10-9-22(26-23)30-4/h5-10,17-18H,11-16H2,1-4H3,(H,25,29). The number of benzene rings is 1. The van der Waals surface area contributed by atoms with Crippen molar-refractivity contribution < 1.29 is 9.53 Å². The van der Waals surface area contributed by atoms with E-state index in [1.807, 2.05) is 6.92 Å². The van der Waals surface area contributed by atoms with Crippen LogP contribution >= 0.6 is 0 Å². The predicted octanol–water partition coefficient (Wildman–Crippen LogP) is 2.68. The summed E-state index contributed by atoms with van der Waals surface area (Å²) in [5.41, 5.74) is 2.47. The van der Waals surface area contributed by atoms with Crippen molar-refractivity contribution in [3.8, 4) is 5.88 Å². The Kier molecular flexibility index (Phi) is 7.63. The Labute approximate surface area is 179 Å². The predicted molar refractivity (Wildman–Crippen MR) is 119 cm³/mol. The van der Waals surface area contributed by atoms with Crippen LogP contribution in [0.5, 0.6) is 5.88 Å². The fourth-order valence-electron chi connectivity index (χ4n) is 3.69. The largest absolute Gasteiger partial charge is 0.481 e. The summed E-state index contributed by atoms with van der Waals surface area (Å²) in [6.07, 6.45) is 2.78. The summed E-state index contributed by atoms with van der Waals surface area (Å²) in [7, 11) is 1.60. The SMILES string of the molecule is COc1ccnc(N2CCN(CC(=O)NC(C)c3ccc(CC(C)C)cc3)CC2)n1. The summed E-state index contributed by atoms with van der Waals surface area (Å²) in [4.78, 5) is 25.5. The summed E-state index contributed by atoms with van der Waals surface area (Å²) in [6, 6.07) is 10.3. The van der Waals surface area contributed by atoms with Crippen LogP contribution in [-0.4, -0.2) is 60.6 Å². The topological polar surface area (TPSA) is 70.6 Å². The highest BCUT2D eigenvalue weighted by molar-refractivity contribution is 5.78. The van der Waals surface area contributed by atoms with Crippen LogP contribution in [0.4, 0.5) is 5.95 Å². The van der Waals surface area contributed by atoms with Gasteiger partial charge in [0.15, 0.2) is 0 Å². The van der Waals surface area contributed by atoms with Gasteiger partial charge >= 0.3 is 0 Å². The van der Waals surface area contributed by atoms with Gasteiger partial charge < -0.3 is 15.0 Å². The highest BCUT2D eigenvalue weighted by atomic mass is 16.5. The fraction of sp³-hybridized carbons (Fsp3) is 0.522. The highest BCUT2D eigenvalue weighted by Gasteiger charge is 2.21. The van der Waals surface area contributed by atoms with Gasteiger partial charge in [0.25, 0.3) is 0 Å². The lowest BCUT2D eigenvalue weighted by atomic mass is 10.00. The minimum Gasteiger partial charge on any atom is -0.481 e. The van der Waals surface area contributed by atoms with Crippen molar-refractivity contribution in [3.05, 3.63) is 47.7 Å². The van der Waals surface area contributed by atoms with Gasteiger partial charge in [0.05, 0.1) is 19.7 Å². The number of methoxy groups -OCH3 is 1. The fourth-order valence-corrected chi connectivity index (χ4v) is 3.69. The number of hydrogen-bond donors (Lipinski definition) is 1. The van der Waals surface area contributed by atoms with Gasteiger partial charge in [-0.2, -0.15) is 4.98 Å². The molecule has 30 heavy (non-hydrogen) atoms. The van der Waals surface area contributed by atoms with Crippen molar-refractivity contribution in [2.45, 2.75) is 33.2 Å². The third kappa shape index (κ3) is 6.16. The Morgan fingerprint density at radius 1 is 1.10 bits per heavy atom. The molecule has 2 aromatic rings. The molecule has 0 spiro atoms.